The summed E-state index contributed by atoms with van der Waals surface area (Å²) in [6.07, 6.45) is 3.78. The Kier molecular flexibility index (Phi) is 3.70. The van der Waals surface area contributed by atoms with Crippen molar-refractivity contribution in [2.24, 2.45) is 11.7 Å². The summed E-state index contributed by atoms with van der Waals surface area (Å²) in [4.78, 5) is 17.2. The number of para-hydroxylation sites is 1. The van der Waals surface area contributed by atoms with E-state index in [2.05, 4.69) is 9.88 Å². The molecule has 110 valence electrons. The van der Waals surface area contributed by atoms with Gasteiger partial charge in [0.2, 0.25) is 0 Å². The Morgan fingerprint density at radius 2 is 2.10 bits per heavy atom. The van der Waals surface area contributed by atoms with Crippen molar-refractivity contribution in [3.8, 4) is 0 Å². The van der Waals surface area contributed by atoms with Gasteiger partial charge in [-0.3, -0.25) is 10.1 Å². The zero-order valence-electron chi connectivity index (χ0n) is 11.7. The number of pyridine rings is 1. The molecule has 2 heterocycles. The molecular weight excluding hydrogens is 268 g/mol. The van der Waals surface area contributed by atoms with E-state index >= 15 is 0 Å². The summed E-state index contributed by atoms with van der Waals surface area (Å²) >= 11 is 0. The van der Waals surface area contributed by atoms with Crippen LogP contribution < -0.4 is 10.6 Å². The smallest absolute Gasteiger partial charge is 0.295 e. The molecule has 0 unspecified atom stereocenters. The van der Waals surface area contributed by atoms with E-state index in [1.165, 1.54) is 6.07 Å². The first-order valence-electron chi connectivity index (χ1n) is 7.18. The summed E-state index contributed by atoms with van der Waals surface area (Å²) in [6.45, 7) is 2.60. The summed E-state index contributed by atoms with van der Waals surface area (Å²) in [5, 5.41) is 12.0. The van der Waals surface area contributed by atoms with Crippen LogP contribution >= 0.6 is 0 Å². The van der Waals surface area contributed by atoms with E-state index < -0.39 is 0 Å². The standard InChI is InChI=1S/C15H18N4O2/c16-10-11-5-8-18(9-6-11)13-4-7-17-15-12(13)2-1-3-14(15)19(20)21/h1-4,7,11H,5-6,8-10,16H2. The zero-order valence-corrected chi connectivity index (χ0v) is 11.7. The predicted molar refractivity (Wildman–Crippen MR) is 82.4 cm³/mol. The fourth-order valence-corrected chi connectivity index (χ4v) is 2.98. The molecule has 3 rings (SSSR count). The largest absolute Gasteiger partial charge is 0.371 e. The molecular formula is C15H18N4O2. The van der Waals surface area contributed by atoms with Gasteiger partial charge in [0.1, 0.15) is 5.52 Å². The number of piperidine rings is 1. The molecule has 1 aliphatic heterocycles. The summed E-state index contributed by atoms with van der Waals surface area (Å²) in [6, 6.07) is 7.06. The van der Waals surface area contributed by atoms with Gasteiger partial charge in [0, 0.05) is 36.4 Å². The minimum atomic E-state index is -0.375. The van der Waals surface area contributed by atoms with Gasteiger partial charge in [0.25, 0.3) is 5.69 Å². The van der Waals surface area contributed by atoms with Crippen molar-refractivity contribution in [3.63, 3.8) is 0 Å². The number of nitro benzene ring substituents is 1. The number of anilines is 1. The lowest BCUT2D eigenvalue weighted by Gasteiger charge is -2.33. The number of hydrogen-bond donors (Lipinski definition) is 1. The van der Waals surface area contributed by atoms with Crippen molar-refractivity contribution < 1.29 is 4.92 Å². The van der Waals surface area contributed by atoms with E-state index in [0.29, 0.717) is 11.4 Å². The molecule has 0 spiro atoms. The number of non-ortho nitro benzene ring substituents is 1. The van der Waals surface area contributed by atoms with E-state index in [4.69, 9.17) is 5.73 Å². The SMILES string of the molecule is NCC1CCN(c2ccnc3c([N+](=O)[O-])cccc23)CC1. The molecule has 0 amide bonds. The van der Waals surface area contributed by atoms with Crippen molar-refractivity contribution in [1.82, 2.24) is 4.98 Å². The first kappa shape index (κ1) is 13.8. The quantitative estimate of drug-likeness (QED) is 0.691. The molecule has 0 saturated carbocycles. The van der Waals surface area contributed by atoms with Gasteiger partial charge >= 0.3 is 0 Å². The maximum atomic E-state index is 11.1. The number of nitro groups is 1. The summed E-state index contributed by atoms with van der Waals surface area (Å²) in [5.41, 5.74) is 7.28. The number of nitrogens with zero attached hydrogens (tertiary/aromatic N) is 3. The maximum absolute atomic E-state index is 11.1. The number of nitrogens with two attached hydrogens (primary N) is 1. The van der Waals surface area contributed by atoms with E-state index in [1.54, 1.807) is 12.3 Å². The molecule has 6 nitrogen and oxygen atoms in total. The average Bonchev–Trinajstić information content (AvgIpc) is 2.53. The van der Waals surface area contributed by atoms with Gasteiger partial charge in [-0.2, -0.15) is 0 Å². The Hall–Kier alpha value is -2.21. The van der Waals surface area contributed by atoms with E-state index in [-0.39, 0.29) is 10.6 Å². The number of hydrogen-bond acceptors (Lipinski definition) is 5. The molecule has 1 aliphatic rings. The average molecular weight is 286 g/mol. The molecule has 0 atom stereocenters. The van der Waals surface area contributed by atoms with Gasteiger partial charge in [-0.25, -0.2) is 4.98 Å². The third-order valence-corrected chi connectivity index (χ3v) is 4.21. The van der Waals surface area contributed by atoms with Crippen LogP contribution in [0.15, 0.2) is 30.5 Å². The van der Waals surface area contributed by atoms with Gasteiger partial charge in [0.15, 0.2) is 0 Å². The highest BCUT2D eigenvalue weighted by molar-refractivity contribution is 5.96. The lowest BCUT2D eigenvalue weighted by molar-refractivity contribution is -0.383. The monoisotopic (exact) mass is 286 g/mol. The Morgan fingerprint density at radius 3 is 2.76 bits per heavy atom. The van der Waals surface area contributed by atoms with Crippen LogP contribution in [0.25, 0.3) is 10.9 Å². The zero-order chi connectivity index (χ0) is 14.8. The molecule has 1 fully saturated rings. The van der Waals surface area contributed by atoms with Crippen LogP contribution in [0.4, 0.5) is 11.4 Å². The fourth-order valence-electron chi connectivity index (χ4n) is 2.98. The lowest BCUT2D eigenvalue weighted by atomic mass is 9.96. The van der Waals surface area contributed by atoms with Crippen LogP contribution in [0.3, 0.4) is 0 Å². The highest BCUT2D eigenvalue weighted by Gasteiger charge is 2.21. The van der Waals surface area contributed by atoms with Crippen LogP contribution in [0.5, 0.6) is 0 Å². The van der Waals surface area contributed by atoms with Crippen LogP contribution in [-0.4, -0.2) is 29.5 Å². The van der Waals surface area contributed by atoms with Crippen molar-refractivity contribution in [2.75, 3.05) is 24.5 Å². The second-order valence-corrected chi connectivity index (χ2v) is 5.43. The molecule has 1 aromatic heterocycles. The number of fused-ring (bicyclic) bond motifs is 1. The van der Waals surface area contributed by atoms with Crippen LogP contribution in [0, 0.1) is 16.0 Å². The van der Waals surface area contributed by atoms with Crippen molar-refractivity contribution in [2.45, 2.75) is 12.8 Å². The van der Waals surface area contributed by atoms with Crippen LogP contribution in [-0.2, 0) is 0 Å². The predicted octanol–water partition coefficient (Wildman–Crippen LogP) is 2.32. The highest BCUT2D eigenvalue weighted by Crippen LogP contribution is 2.32. The van der Waals surface area contributed by atoms with Crippen molar-refractivity contribution in [3.05, 3.63) is 40.6 Å². The Morgan fingerprint density at radius 1 is 1.33 bits per heavy atom. The molecule has 0 aliphatic carbocycles. The van der Waals surface area contributed by atoms with Crippen molar-refractivity contribution >= 4 is 22.3 Å². The minimum Gasteiger partial charge on any atom is -0.371 e. The Bertz CT molecular complexity index is 666. The highest BCUT2D eigenvalue weighted by atomic mass is 16.6. The normalized spacial score (nSPS) is 16.3. The summed E-state index contributed by atoms with van der Waals surface area (Å²) < 4.78 is 0. The topological polar surface area (TPSA) is 85.3 Å². The fraction of sp³-hybridized carbons (Fsp3) is 0.400. The van der Waals surface area contributed by atoms with E-state index in [9.17, 15) is 10.1 Å². The van der Waals surface area contributed by atoms with Gasteiger partial charge in [-0.05, 0) is 31.4 Å². The van der Waals surface area contributed by atoms with Crippen molar-refractivity contribution in [1.29, 1.82) is 0 Å². The maximum Gasteiger partial charge on any atom is 0.295 e. The van der Waals surface area contributed by atoms with Gasteiger partial charge in [0.05, 0.1) is 4.92 Å². The lowest BCUT2D eigenvalue weighted by Crippen LogP contribution is -2.36. The first-order valence-corrected chi connectivity index (χ1v) is 7.18. The van der Waals surface area contributed by atoms with Gasteiger partial charge < -0.3 is 10.6 Å². The van der Waals surface area contributed by atoms with E-state index in [0.717, 1.165) is 43.5 Å². The number of aromatic nitrogens is 1. The molecule has 2 aromatic rings. The third kappa shape index (κ3) is 2.54. The van der Waals surface area contributed by atoms with Gasteiger partial charge in [-0.15, -0.1) is 0 Å². The van der Waals surface area contributed by atoms with E-state index in [1.807, 2.05) is 12.1 Å². The molecule has 21 heavy (non-hydrogen) atoms. The Balaban J connectivity index is 2.00. The molecule has 0 bridgehead atoms. The molecule has 6 heteroatoms. The molecule has 1 aromatic carbocycles. The second kappa shape index (κ2) is 5.65. The summed E-state index contributed by atoms with van der Waals surface area (Å²) in [5.74, 6) is 0.587. The molecule has 2 N–H and O–H groups in total. The van der Waals surface area contributed by atoms with Crippen LogP contribution in [0.1, 0.15) is 12.8 Å². The molecule has 1 saturated heterocycles. The Labute approximate surface area is 122 Å². The minimum absolute atomic E-state index is 0.0613. The number of benzene rings is 1. The van der Waals surface area contributed by atoms with Crippen LogP contribution in [0.2, 0.25) is 0 Å². The van der Waals surface area contributed by atoms with Gasteiger partial charge in [-0.1, -0.05) is 12.1 Å². The summed E-state index contributed by atoms with van der Waals surface area (Å²) in [7, 11) is 0. The first-order chi connectivity index (χ1) is 10.2. The number of rotatable bonds is 3. The third-order valence-electron chi connectivity index (χ3n) is 4.21. The molecule has 0 radical (unpaired) electrons. The second-order valence-electron chi connectivity index (χ2n) is 5.43.